The molecule has 1 aliphatic heterocycles. The van der Waals surface area contributed by atoms with Crippen LogP contribution in [0.3, 0.4) is 0 Å². The van der Waals surface area contributed by atoms with E-state index in [1.165, 1.54) is 5.56 Å². The summed E-state index contributed by atoms with van der Waals surface area (Å²) in [5.74, 6) is 1.21. The van der Waals surface area contributed by atoms with Crippen molar-refractivity contribution in [2.75, 3.05) is 6.61 Å². The van der Waals surface area contributed by atoms with Gasteiger partial charge in [0.25, 0.3) is 0 Å². The molecular formula is C15H22NO2Y-. The third kappa shape index (κ3) is 5.23. The maximum atomic E-state index is 11.5. The average Bonchev–Trinajstić information content (AvgIpc) is 2.69. The molecule has 1 radical (unpaired) electrons. The van der Waals surface area contributed by atoms with E-state index in [4.69, 9.17) is 4.74 Å². The van der Waals surface area contributed by atoms with Crippen LogP contribution in [0.4, 0.5) is 0 Å². The number of aryl methyl sites for hydroxylation is 1. The van der Waals surface area contributed by atoms with Gasteiger partial charge >= 0.3 is 0 Å². The zero-order valence-corrected chi connectivity index (χ0v) is 14.8. The summed E-state index contributed by atoms with van der Waals surface area (Å²) in [6.07, 6.45) is 1.80. The van der Waals surface area contributed by atoms with Gasteiger partial charge in [0, 0.05) is 38.6 Å². The summed E-state index contributed by atoms with van der Waals surface area (Å²) in [5, 5.41) is 2.97. The minimum atomic E-state index is 0. The SMILES string of the molecule is CC[C@@H]1CC(COc2ccc(C)cc2)NC1=O.[CH3-].[Y]. The van der Waals surface area contributed by atoms with Crippen molar-refractivity contribution in [2.45, 2.75) is 32.7 Å². The normalized spacial score (nSPS) is 21.1. The molecule has 0 aromatic heterocycles. The van der Waals surface area contributed by atoms with Gasteiger partial charge in [-0.05, 0) is 31.9 Å². The molecule has 3 nitrogen and oxygen atoms in total. The summed E-state index contributed by atoms with van der Waals surface area (Å²) in [6, 6.07) is 8.13. The van der Waals surface area contributed by atoms with Gasteiger partial charge < -0.3 is 17.5 Å². The molecule has 0 spiro atoms. The quantitative estimate of drug-likeness (QED) is 0.858. The Bertz CT molecular complexity index is 392. The van der Waals surface area contributed by atoms with Crippen molar-refractivity contribution in [3.05, 3.63) is 37.3 Å². The van der Waals surface area contributed by atoms with Gasteiger partial charge in [0.1, 0.15) is 12.4 Å². The topological polar surface area (TPSA) is 38.3 Å². The van der Waals surface area contributed by atoms with E-state index in [0.29, 0.717) is 6.61 Å². The molecule has 0 saturated carbocycles. The van der Waals surface area contributed by atoms with Crippen LogP contribution in [0.25, 0.3) is 0 Å². The van der Waals surface area contributed by atoms with Crippen molar-refractivity contribution in [1.29, 1.82) is 0 Å². The van der Waals surface area contributed by atoms with Crippen molar-refractivity contribution in [1.82, 2.24) is 5.32 Å². The zero-order chi connectivity index (χ0) is 12.3. The first-order chi connectivity index (χ1) is 8.19. The predicted molar refractivity (Wildman–Crippen MR) is 73.4 cm³/mol. The van der Waals surface area contributed by atoms with E-state index >= 15 is 0 Å². The molecule has 1 fully saturated rings. The third-order valence-electron chi connectivity index (χ3n) is 3.25. The van der Waals surface area contributed by atoms with Crippen LogP contribution >= 0.6 is 0 Å². The van der Waals surface area contributed by atoms with Crippen LogP contribution in [0.5, 0.6) is 5.75 Å². The van der Waals surface area contributed by atoms with Gasteiger partial charge in [-0.3, -0.25) is 4.79 Å². The van der Waals surface area contributed by atoms with Gasteiger partial charge in [0.15, 0.2) is 0 Å². The number of ether oxygens (including phenoxy) is 1. The van der Waals surface area contributed by atoms with Crippen molar-refractivity contribution < 1.29 is 42.2 Å². The van der Waals surface area contributed by atoms with Gasteiger partial charge in [-0.15, -0.1) is 0 Å². The first-order valence-electron chi connectivity index (χ1n) is 6.19. The van der Waals surface area contributed by atoms with E-state index in [9.17, 15) is 4.79 Å². The number of hydrogen-bond acceptors (Lipinski definition) is 2. The Hall–Kier alpha value is -0.406. The number of hydrogen-bond donors (Lipinski definition) is 1. The number of rotatable bonds is 4. The zero-order valence-electron chi connectivity index (χ0n) is 12.0. The van der Waals surface area contributed by atoms with Crippen LogP contribution in [0.1, 0.15) is 25.3 Å². The predicted octanol–water partition coefficient (Wildman–Crippen LogP) is 2.74. The van der Waals surface area contributed by atoms with Crippen molar-refractivity contribution in [3.63, 3.8) is 0 Å². The standard InChI is InChI=1S/C14H19NO2.CH3.Y/c1-3-11-8-12(15-14(11)16)9-17-13-6-4-10(2)5-7-13;;/h4-7,11-12H,3,8-9H2,1-2H3,(H,15,16);1H3;/q;-1;/t11-,12?;;/m1../s1. The maximum absolute atomic E-state index is 11.5. The molecule has 1 aromatic carbocycles. The third-order valence-corrected chi connectivity index (χ3v) is 3.25. The largest absolute Gasteiger partial charge is 0.491 e. The summed E-state index contributed by atoms with van der Waals surface area (Å²) >= 11 is 0. The monoisotopic (exact) mass is 337 g/mol. The van der Waals surface area contributed by atoms with Crippen LogP contribution in [-0.4, -0.2) is 18.6 Å². The minimum absolute atomic E-state index is 0. The summed E-state index contributed by atoms with van der Waals surface area (Å²) in [7, 11) is 0. The van der Waals surface area contributed by atoms with Gasteiger partial charge in [0.2, 0.25) is 5.91 Å². The Morgan fingerprint density at radius 1 is 1.32 bits per heavy atom. The van der Waals surface area contributed by atoms with Crippen molar-refractivity contribution >= 4 is 5.91 Å². The molecule has 2 atom stereocenters. The molecule has 1 amide bonds. The van der Waals surface area contributed by atoms with Gasteiger partial charge in [-0.2, -0.15) is 0 Å². The summed E-state index contributed by atoms with van der Waals surface area (Å²) < 4.78 is 5.67. The second kappa shape index (κ2) is 8.70. The van der Waals surface area contributed by atoms with Crippen molar-refractivity contribution in [3.8, 4) is 5.75 Å². The van der Waals surface area contributed by atoms with Crippen LogP contribution in [0.15, 0.2) is 24.3 Å². The summed E-state index contributed by atoms with van der Waals surface area (Å²) in [5.41, 5.74) is 1.22. The Balaban J connectivity index is 0.00000162. The number of benzene rings is 1. The smallest absolute Gasteiger partial charge is 0.223 e. The van der Waals surface area contributed by atoms with E-state index in [1.54, 1.807) is 0 Å². The number of carbonyl (C=O) groups is 1. The Morgan fingerprint density at radius 2 is 1.95 bits per heavy atom. The fourth-order valence-electron chi connectivity index (χ4n) is 2.12. The van der Waals surface area contributed by atoms with Gasteiger partial charge in [-0.1, -0.05) is 24.6 Å². The molecule has 0 aliphatic carbocycles. The van der Waals surface area contributed by atoms with E-state index in [1.807, 2.05) is 38.1 Å². The van der Waals surface area contributed by atoms with Crippen LogP contribution in [-0.2, 0) is 37.5 Å². The van der Waals surface area contributed by atoms with Gasteiger partial charge in [0.05, 0.1) is 6.04 Å². The first-order valence-corrected chi connectivity index (χ1v) is 6.19. The minimum Gasteiger partial charge on any atom is -0.491 e. The van der Waals surface area contributed by atoms with E-state index < -0.39 is 0 Å². The van der Waals surface area contributed by atoms with E-state index in [0.717, 1.165) is 18.6 Å². The fourth-order valence-corrected chi connectivity index (χ4v) is 2.12. The van der Waals surface area contributed by atoms with Gasteiger partial charge in [-0.25, -0.2) is 0 Å². The number of amides is 1. The first kappa shape index (κ1) is 18.6. The van der Waals surface area contributed by atoms with Crippen molar-refractivity contribution in [2.24, 2.45) is 5.92 Å². The second-order valence-electron chi connectivity index (χ2n) is 4.67. The molecule has 0 bridgehead atoms. The fraction of sp³-hybridized carbons (Fsp3) is 0.467. The molecule has 103 valence electrons. The Labute approximate surface area is 141 Å². The average molecular weight is 337 g/mol. The van der Waals surface area contributed by atoms with Crippen LogP contribution in [0, 0.1) is 20.3 Å². The molecule has 1 N–H and O–H groups in total. The molecule has 2 rings (SSSR count). The van der Waals surface area contributed by atoms with E-state index in [-0.39, 0.29) is 58.0 Å². The summed E-state index contributed by atoms with van der Waals surface area (Å²) in [4.78, 5) is 11.5. The molecule has 1 saturated heterocycles. The maximum Gasteiger partial charge on any atom is 0.223 e. The Morgan fingerprint density at radius 3 is 2.47 bits per heavy atom. The van der Waals surface area contributed by atoms with E-state index in [2.05, 4.69) is 5.32 Å². The molecule has 4 heteroatoms. The Kier molecular flexibility index (Phi) is 8.52. The number of carbonyl (C=O) groups excluding carboxylic acids is 1. The molecule has 19 heavy (non-hydrogen) atoms. The molecule has 1 unspecified atom stereocenters. The molecule has 1 heterocycles. The number of nitrogens with one attached hydrogen (secondary N) is 1. The van der Waals surface area contributed by atoms with Crippen LogP contribution in [0.2, 0.25) is 0 Å². The molecule has 1 aliphatic rings. The molecule has 1 aromatic rings. The molecular weight excluding hydrogens is 315 g/mol. The van der Waals surface area contributed by atoms with Crippen LogP contribution < -0.4 is 10.1 Å². The second-order valence-corrected chi connectivity index (χ2v) is 4.67. The summed E-state index contributed by atoms with van der Waals surface area (Å²) in [6.45, 7) is 4.66.